The highest BCUT2D eigenvalue weighted by atomic mass is 16.5. The predicted octanol–water partition coefficient (Wildman–Crippen LogP) is 3.50. The Morgan fingerprint density at radius 3 is 2.50 bits per heavy atom. The molecule has 0 radical (unpaired) electrons. The van der Waals surface area contributed by atoms with E-state index in [0.717, 1.165) is 13.1 Å². The van der Waals surface area contributed by atoms with Crippen LogP contribution in [0, 0.1) is 0 Å². The molecule has 1 aliphatic carbocycles. The molecular formula is C14H29NO. The fourth-order valence-electron chi connectivity index (χ4n) is 2.36. The van der Waals surface area contributed by atoms with Crippen LogP contribution in [0.5, 0.6) is 0 Å². The van der Waals surface area contributed by atoms with Gasteiger partial charge in [-0.2, -0.15) is 0 Å². The highest BCUT2D eigenvalue weighted by Gasteiger charge is 2.15. The summed E-state index contributed by atoms with van der Waals surface area (Å²) in [6, 6.07) is 0. The summed E-state index contributed by atoms with van der Waals surface area (Å²) in [5.41, 5.74) is 0. The first-order valence-electron chi connectivity index (χ1n) is 7.19. The van der Waals surface area contributed by atoms with E-state index in [0.29, 0.717) is 12.2 Å². The van der Waals surface area contributed by atoms with Gasteiger partial charge < -0.3 is 10.1 Å². The quantitative estimate of drug-likeness (QED) is 0.531. The Bertz CT molecular complexity index is 153. The number of hydrogen-bond donors (Lipinski definition) is 1. The average molecular weight is 227 g/mol. The van der Waals surface area contributed by atoms with E-state index in [1.165, 1.54) is 51.4 Å². The second-order valence-corrected chi connectivity index (χ2v) is 5.12. The third kappa shape index (κ3) is 6.49. The molecule has 0 aromatic rings. The summed E-state index contributed by atoms with van der Waals surface area (Å²) < 4.78 is 6.09. The van der Waals surface area contributed by atoms with Crippen molar-refractivity contribution in [2.75, 3.05) is 13.1 Å². The van der Waals surface area contributed by atoms with Gasteiger partial charge in [0.15, 0.2) is 0 Å². The molecule has 1 aliphatic rings. The van der Waals surface area contributed by atoms with E-state index in [9.17, 15) is 0 Å². The van der Waals surface area contributed by atoms with Gasteiger partial charge in [-0.15, -0.1) is 0 Å². The van der Waals surface area contributed by atoms with Crippen molar-refractivity contribution in [3.05, 3.63) is 0 Å². The summed E-state index contributed by atoms with van der Waals surface area (Å²) >= 11 is 0. The molecule has 0 bridgehead atoms. The van der Waals surface area contributed by atoms with E-state index in [-0.39, 0.29) is 0 Å². The standard InChI is InChI=1S/C14H29NO/c1-3-4-11-15-12-13(2)16-14-9-7-5-6-8-10-14/h13-15H,3-12H2,1-2H3. The van der Waals surface area contributed by atoms with Crippen LogP contribution in [0.2, 0.25) is 0 Å². The molecular weight excluding hydrogens is 198 g/mol. The largest absolute Gasteiger partial charge is 0.374 e. The van der Waals surface area contributed by atoms with Gasteiger partial charge in [-0.3, -0.25) is 0 Å². The van der Waals surface area contributed by atoms with Crippen molar-refractivity contribution in [3.8, 4) is 0 Å². The fraction of sp³-hybridized carbons (Fsp3) is 1.00. The molecule has 1 rings (SSSR count). The van der Waals surface area contributed by atoms with E-state index in [4.69, 9.17) is 4.74 Å². The van der Waals surface area contributed by atoms with Crippen LogP contribution in [0.4, 0.5) is 0 Å². The van der Waals surface area contributed by atoms with Crippen LogP contribution in [-0.2, 0) is 4.74 Å². The predicted molar refractivity (Wildman–Crippen MR) is 69.8 cm³/mol. The number of rotatable bonds is 7. The monoisotopic (exact) mass is 227 g/mol. The molecule has 0 amide bonds. The van der Waals surface area contributed by atoms with E-state index >= 15 is 0 Å². The van der Waals surface area contributed by atoms with Crippen LogP contribution in [0.25, 0.3) is 0 Å². The minimum absolute atomic E-state index is 0.375. The maximum Gasteiger partial charge on any atom is 0.0675 e. The molecule has 1 fully saturated rings. The maximum atomic E-state index is 6.09. The zero-order valence-corrected chi connectivity index (χ0v) is 11.1. The molecule has 1 unspecified atom stereocenters. The maximum absolute atomic E-state index is 6.09. The average Bonchev–Trinajstić information content (AvgIpc) is 2.53. The van der Waals surface area contributed by atoms with Gasteiger partial charge in [0.1, 0.15) is 0 Å². The molecule has 0 heterocycles. The van der Waals surface area contributed by atoms with E-state index in [2.05, 4.69) is 19.2 Å². The SMILES string of the molecule is CCCCNCC(C)OC1CCCCCC1. The Kier molecular flexibility index (Phi) is 7.87. The first-order chi connectivity index (χ1) is 7.83. The zero-order valence-electron chi connectivity index (χ0n) is 11.1. The molecule has 16 heavy (non-hydrogen) atoms. The van der Waals surface area contributed by atoms with Crippen molar-refractivity contribution in [3.63, 3.8) is 0 Å². The first-order valence-corrected chi connectivity index (χ1v) is 7.19. The van der Waals surface area contributed by atoms with Crippen molar-refractivity contribution >= 4 is 0 Å². The number of unbranched alkanes of at least 4 members (excludes halogenated alkanes) is 1. The Morgan fingerprint density at radius 1 is 1.19 bits per heavy atom. The molecule has 2 heteroatoms. The van der Waals surface area contributed by atoms with Gasteiger partial charge in [0.25, 0.3) is 0 Å². The van der Waals surface area contributed by atoms with Gasteiger partial charge in [0, 0.05) is 6.54 Å². The van der Waals surface area contributed by atoms with Crippen molar-refractivity contribution in [2.24, 2.45) is 0 Å². The minimum atomic E-state index is 0.375. The van der Waals surface area contributed by atoms with Gasteiger partial charge in [-0.1, -0.05) is 39.0 Å². The third-order valence-corrected chi connectivity index (χ3v) is 3.37. The summed E-state index contributed by atoms with van der Waals surface area (Å²) in [6.07, 6.45) is 11.5. The molecule has 96 valence electrons. The van der Waals surface area contributed by atoms with Crippen LogP contribution < -0.4 is 5.32 Å². The lowest BCUT2D eigenvalue weighted by atomic mass is 10.1. The van der Waals surface area contributed by atoms with Crippen LogP contribution in [-0.4, -0.2) is 25.3 Å². The molecule has 1 saturated carbocycles. The van der Waals surface area contributed by atoms with Crippen LogP contribution >= 0.6 is 0 Å². The van der Waals surface area contributed by atoms with Crippen molar-refractivity contribution in [1.82, 2.24) is 5.32 Å². The topological polar surface area (TPSA) is 21.3 Å². The Hall–Kier alpha value is -0.0800. The molecule has 1 N–H and O–H groups in total. The highest BCUT2D eigenvalue weighted by molar-refractivity contribution is 4.66. The highest BCUT2D eigenvalue weighted by Crippen LogP contribution is 2.20. The van der Waals surface area contributed by atoms with Gasteiger partial charge in [0.2, 0.25) is 0 Å². The second-order valence-electron chi connectivity index (χ2n) is 5.12. The summed E-state index contributed by atoms with van der Waals surface area (Å²) in [5, 5.41) is 3.47. The van der Waals surface area contributed by atoms with Gasteiger partial charge in [-0.25, -0.2) is 0 Å². The zero-order chi connectivity index (χ0) is 11.6. The lowest BCUT2D eigenvalue weighted by molar-refractivity contribution is -0.00865. The van der Waals surface area contributed by atoms with Crippen LogP contribution in [0.3, 0.4) is 0 Å². The lowest BCUT2D eigenvalue weighted by Gasteiger charge is -2.21. The van der Waals surface area contributed by atoms with E-state index < -0.39 is 0 Å². The van der Waals surface area contributed by atoms with Gasteiger partial charge in [0.05, 0.1) is 12.2 Å². The van der Waals surface area contributed by atoms with Crippen molar-refractivity contribution in [1.29, 1.82) is 0 Å². The summed E-state index contributed by atoms with van der Waals surface area (Å²) in [4.78, 5) is 0. The summed E-state index contributed by atoms with van der Waals surface area (Å²) in [7, 11) is 0. The molecule has 2 nitrogen and oxygen atoms in total. The van der Waals surface area contributed by atoms with Gasteiger partial charge in [-0.05, 0) is 32.7 Å². The molecule has 1 atom stereocenters. The molecule has 0 saturated heterocycles. The Labute approximate surface area is 101 Å². The number of ether oxygens (including phenoxy) is 1. The molecule has 0 aromatic carbocycles. The first kappa shape index (κ1) is 14.0. The molecule has 0 aromatic heterocycles. The van der Waals surface area contributed by atoms with Crippen LogP contribution in [0.1, 0.15) is 65.2 Å². The van der Waals surface area contributed by atoms with Gasteiger partial charge >= 0.3 is 0 Å². The Balaban J connectivity index is 2.04. The fourth-order valence-corrected chi connectivity index (χ4v) is 2.36. The third-order valence-electron chi connectivity index (χ3n) is 3.37. The van der Waals surface area contributed by atoms with E-state index in [1.807, 2.05) is 0 Å². The van der Waals surface area contributed by atoms with Crippen molar-refractivity contribution in [2.45, 2.75) is 77.4 Å². The molecule has 0 spiro atoms. The van der Waals surface area contributed by atoms with Crippen molar-refractivity contribution < 1.29 is 4.74 Å². The lowest BCUT2D eigenvalue weighted by Crippen LogP contribution is -2.30. The number of nitrogens with one attached hydrogen (secondary N) is 1. The summed E-state index contributed by atoms with van der Waals surface area (Å²) in [5.74, 6) is 0. The van der Waals surface area contributed by atoms with E-state index in [1.54, 1.807) is 0 Å². The number of hydrogen-bond acceptors (Lipinski definition) is 2. The van der Waals surface area contributed by atoms with Crippen LogP contribution in [0.15, 0.2) is 0 Å². The molecule has 0 aliphatic heterocycles. The normalized spacial score (nSPS) is 20.6. The summed E-state index contributed by atoms with van der Waals surface area (Å²) in [6.45, 7) is 6.57. The Morgan fingerprint density at radius 2 is 1.88 bits per heavy atom. The smallest absolute Gasteiger partial charge is 0.0675 e. The second kappa shape index (κ2) is 9.00. The minimum Gasteiger partial charge on any atom is -0.374 e.